The number of ether oxygens (including phenoxy) is 1. The lowest BCUT2D eigenvalue weighted by Gasteiger charge is -2.12. The Labute approximate surface area is 153 Å². The smallest absolute Gasteiger partial charge is 0.345 e. The minimum absolute atomic E-state index is 0.113. The highest BCUT2D eigenvalue weighted by Crippen LogP contribution is 2.34. The number of pyridine rings is 1. The van der Waals surface area contributed by atoms with Crippen LogP contribution in [0.5, 0.6) is 0 Å². The molecular formula is C18H14ClN3O4. The molecule has 2 aromatic carbocycles. The van der Waals surface area contributed by atoms with Gasteiger partial charge in [-0.15, -0.1) is 0 Å². The van der Waals surface area contributed by atoms with Crippen molar-refractivity contribution in [1.82, 2.24) is 4.98 Å². The van der Waals surface area contributed by atoms with E-state index in [0.29, 0.717) is 21.6 Å². The fourth-order valence-electron chi connectivity index (χ4n) is 2.61. The number of carbonyl (C=O) groups is 1. The molecular weight excluding hydrogens is 358 g/mol. The van der Waals surface area contributed by atoms with Gasteiger partial charge in [-0.2, -0.15) is 0 Å². The Morgan fingerprint density at radius 2 is 2.00 bits per heavy atom. The number of carbonyl (C=O) groups excluding carboxylic acids is 1. The molecule has 0 atom stereocenters. The molecule has 1 aromatic heterocycles. The van der Waals surface area contributed by atoms with Crippen molar-refractivity contribution in [3.8, 4) is 0 Å². The van der Waals surface area contributed by atoms with Crippen molar-refractivity contribution in [3.05, 3.63) is 69.4 Å². The van der Waals surface area contributed by atoms with Crippen LogP contribution in [0.3, 0.4) is 0 Å². The molecule has 0 saturated heterocycles. The van der Waals surface area contributed by atoms with Gasteiger partial charge in [0.25, 0.3) is 0 Å². The quantitative estimate of drug-likeness (QED) is 0.396. The zero-order chi connectivity index (χ0) is 18.7. The van der Waals surface area contributed by atoms with Crippen LogP contribution in [-0.2, 0) is 4.74 Å². The van der Waals surface area contributed by atoms with E-state index in [-0.39, 0.29) is 23.5 Å². The Kier molecular flexibility index (Phi) is 4.99. The third-order valence-corrected chi connectivity index (χ3v) is 4.01. The maximum Gasteiger partial charge on any atom is 0.345 e. The van der Waals surface area contributed by atoms with Gasteiger partial charge in [0, 0.05) is 17.3 Å². The van der Waals surface area contributed by atoms with Crippen LogP contribution in [0.4, 0.5) is 17.1 Å². The van der Waals surface area contributed by atoms with Crippen molar-refractivity contribution in [3.63, 3.8) is 0 Å². The van der Waals surface area contributed by atoms with E-state index in [2.05, 4.69) is 10.3 Å². The number of fused-ring (bicyclic) bond motifs is 1. The average molecular weight is 372 g/mol. The Bertz CT molecular complexity index is 1010. The molecule has 7 nitrogen and oxygen atoms in total. The van der Waals surface area contributed by atoms with Crippen molar-refractivity contribution in [1.29, 1.82) is 0 Å². The molecule has 3 aromatic rings. The lowest BCUT2D eigenvalue weighted by Crippen LogP contribution is -2.09. The monoisotopic (exact) mass is 371 g/mol. The second-order valence-corrected chi connectivity index (χ2v) is 5.71. The van der Waals surface area contributed by atoms with E-state index in [9.17, 15) is 14.9 Å². The number of nitrogens with zero attached hydrogens (tertiary/aromatic N) is 2. The van der Waals surface area contributed by atoms with Crippen molar-refractivity contribution >= 4 is 45.5 Å². The fraction of sp³-hybridized carbons (Fsp3) is 0.111. The van der Waals surface area contributed by atoms with Gasteiger partial charge in [-0.1, -0.05) is 29.8 Å². The number of nitro groups is 1. The van der Waals surface area contributed by atoms with Gasteiger partial charge in [0.2, 0.25) is 0 Å². The summed E-state index contributed by atoms with van der Waals surface area (Å²) in [5.74, 6) is -0.745. The van der Waals surface area contributed by atoms with Gasteiger partial charge in [0.15, 0.2) is 0 Å². The van der Waals surface area contributed by atoms with E-state index in [1.54, 1.807) is 43.5 Å². The summed E-state index contributed by atoms with van der Waals surface area (Å²) >= 11 is 6.16. The van der Waals surface area contributed by atoms with Crippen molar-refractivity contribution in [2.75, 3.05) is 11.9 Å². The molecule has 0 aliphatic heterocycles. The molecule has 0 fully saturated rings. The Hall–Kier alpha value is -3.19. The van der Waals surface area contributed by atoms with Crippen LogP contribution >= 0.6 is 11.6 Å². The summed E-state index contributed by atoms with van der Waals surface area (Å²) in [5, 5.41) is 15.8. The van der Waals surface area contributed by atoms with Crippen molar-refractivity contribution in [2.45, 2.75) is 6.92 Å². The SMILES string of the molecule is CCOC(=O)c1cccc(Nc2ccnc3c(Cl)cccc23)c1[N+](=O)[O-]. The van der Waals surface area contributed by atoms with Gasteiger partial charge in [0.1, 0.15) is 11.3 Å². The molecule has 0 saturated carbocycles. The molecule has 0 spiro atoms. The number of esters is 1. The summed E-state index contributed by atoms with van der Waals surface area (Å²) in [5.41, 5.74) is 0.870. The number of hydrogen-bond acceptors (Lipinski definition) is 6. The molecule has 0 radical (unpaired) electrons. The molecule has 8 heteroatoms. The Morgan fingerprint density at radius 1 is 1.23 bits per heavy atom. The number of aromatic nitrogens is 1. The molecule has 132 valence electrons. The number of rotatable bonds is 5. The normalized spacial score (nSPS) is 10.5. The second kappa shape index (κ2) is 7.37. The van der Waals surface area contributed by atoms with Crippen molar-refractivity contribution < 1.29 is 14.5 Å². The van der Waals surface area contributed by atoms with Crippen LogP contribution in [0.25, 0.3) is 10.9 Å². The fourth-order valence-corrected chi connectivity index (χ4v) is 2.83. The lowest BCUT2D eigenvalue weighted by atomic mass is 10.1. The van der Waals surface area contributed by atoms with Crippen molar-refractivity contribution in [2.24, 2.45) is 0 Å². The van der Waals surface area contributed by atoms with Crippen LogP contribution in [-0.4, -0.2) is 22.5 Å². The summed E-state index contributed by atoms with van der Waals surface area (Å²) in [6, 6.07) is 11.4. The zero-order valence-corrected chi connectivity index (χ0v) is 14.5. The van der Waals surface area contributed by atoms with E-state index in [4.69, 9.17) is 16.3 Å². The number of benzene rings is 2. The van der Waals surface area contributed by atoms with Crippen LogP contribution in [0.1, 0.15) is 17.3 Å². The van der Waals surface area contributed by atoms with E-state index in [1.165, 1.54) is 12.1 Å². The lowest BCUT2D eigenvalue weighted by molar-refractivity contribution is -0.384. The molecule has 0 aliphatic rings. The average Bonchev–Trinajstić information content (AvgIpc) is 2.62. The van der Waals surface area contributed by atoms with Crippen LogP contribution in [0.15, 0.2) is 48.7 Å². The first-order valence-electron chi connectivity index (χ1n) is 7.77. The second-order valence-electron chi connectivity index (χ2n) is 5.30. The number of nitro benzene ring substituents is 1. The number of anilines is 2. The molecule has 0 unspecified atom stereocenters. The van der Waals surface area contributed by atoms with Gasteiger partial charge in [-0.05, 0) is 31.2 Å². The minimum Gasteiger partial charge on any atom is -0.462 e. The Balaban J connectivity index is 2.11. The predicted molar refractivity (Wildman–Crippen MR) is 99.1 cm³/mol. The maximum absolute atomic E-state index is 12.0. The van der Waals surface area contributed by atoms with Gasteiger partial charge in [-0.25, -0.2) is 4.79 Å². The first-order chi connectivity index (χ1) is 12.5. The zero-order valence-electron chi connectivity index (χ0n) is 13.7. The molecule has 0 amide bonds. The van der Waals surface area contributed by atoms with E-state index >= 15 is 0 Å². The third kappa shape index (κ3) is 3.29. The third-order valence-electron chi connectivity index (χ3n) is 3.71. The number of para-hydroxylation sites is 2. The summed E-state index contributed by atoms with van der Waals surface area (Å²) in [4.78, 5) is 27.3. The topological polar surface area (TPSA) is 94.4 Å². The first kappa shape index (κ1) is 17.6. The summed E-state index contributed by atoms with van der Waals surface area (Å²) < 4.78 is 4.91. The molecule has 1 heterocycles. The Morgan fingerprint density at radius 3 is 2.73 bits per heavy atom. The highest BCUT2D eigenvalue weighted by atomic mass is 35.5. The number of hydrogen-bond donors (Lipinski definition) is 1. The first-order valence-corrected chi connectivity index (χ1v) is 8.15. The number of halogens is 1. The van der Waals surface area contributed by atoms with Gasteiger partial charge < -0.3 is 10.1 Å². The number of nitrogens with one attached hydrogen (secondary N) is 1. The van der Waals surface area contributed by atoms with Gasteiger partial charge in [0.05, 0.1) is 22.1 Å². The van der Waals surface area contributed by atoms with E-state index in [0.717, 1.165) is 0 Å². The molecule has 0 aliphatic carbocycles. The summed E-state index contributed by atoms with van der Waals surface area (Å²) in [6.07, 6.45) is 1.55. The highest BCUT2D eigenvalue weighted by Gasteiger charge is 2.25. The summed E-state index contributed by atoms with van der Waals surface area (Å²) in [7, 11) is 0. The minimum atomic E-state index is -0.745. The van der Waals surface area contributed by atoms with Crippen LogP contribution < -0.4 is 5.32 Å². The van der Waals surface area contributed by atoms with E-state index < -0.39 is 10.9 Å². The molecule has 3 rings (SSSR count). The van der Waals surface area contributed by atoms with Gasteiger partial charge in [-0.3, -0.25) is 15.1 Å². The highest BCUT2D eigenvalue weighted by molar-refractivity contribution is 6.35. The van der Waals surface area contributed by atoms with Crippen LogP contribution in [0, 0.1) is 10.1 Å². The summed E-state index contributed by atoms with van der Waals surface area (Å²) in [6.45, 7) is 1.76. The predicted octanol–water partition coefficient (Wildman–Crippen LogP) is 4.72. The van der Waals surface area contributed by atoms with Gasteiger partial charge >= 0.3 is 11.7 Å². The van der Waals surface area contributed by atoms with Crippen LogP contribution in [0.2, 0.25) is 5.02 Å². The maximum atomic E-state index is 12.0. The largest absolute Gasteiger partial charge is 0.462 e. The molecule has 1 N–H and O–H groups in total. The molecule has 26 heavy (non-hydrogen) atoms. The van der Waals surface area contributed by atoms with E-state index in [1.807, 2.05) is 0 Å². The standard InChI is InChI=1S/C18H14ClN3O4/c1-2-26-18(23)12-6-4-8-15(17(12)22(24)25)21-14-9-10-20-16-11(14)5-3-7-13(16)19/h3-10H,2H2,1H3,(H,20,21). The molecule has 0 bridgehead atoms.